The molecular formula is C30H39BrFN5O4. The van der Waals surface area contributed by atoms with Crippen LogP contribution >= 0.6 is 15.9 Å². The number of alkyl halides is 1. The molecule has 1 aromatic heterocycles. The summed E-state index contributed by atoms with van der Waals surface area (Å²) in [6, 6.07) is 4.40. The number of ether oxygens (including phenoxy) is 3. The molecule has 2 aromatic rings. The number of aromatic nitrogens is 2. The summed E-state index contributed by atoms with van der Waals surface area (Å²) in [5.74, 6) is 1.49. The van der Waals surface area contributed by atoms with Gasteiger partial charge in [-0.2, -0.15) is 9.97 Å². The quantitative estimate of drug-likeness (QED) is 0.415. The fraction of sp³-hybridized carbons (Fsp3) is 0.700. The number of carbonyl (C=O) groups is 1. The Morgan fingerprint density at radius 1 is 1.12 bits per heavy atom. The molecule has 222 valence electrons. The van der Waals surface area contributed by atoms with E-state index >= 15 is 0 Å². The molecule has 7 rings (SSSR count). The Bertz CT molecular complexity index is 1340. The van der Waals surface area contributed by atoms with Crippen molar-refractivity contribution in [2.45, 2.75) is 101 Å². The summed E-state index contributed by atoms with van der Waals surface area (Å²) in [5, 5.41) is 0.895. The van der Waals surface area contributed by atoms with Gasteiger partial charge in [0, 0.05) is 31.4 Å². The molecule has 0 radical (unpaired) electrons. The van der Waals surface area contributed by atoms with Crippen molar-refractivity contribution in [2.75, 3.05) is 37.7 Å². The molecular weight excluding hydrogens is 593 g/mol. The zero-order valence-electron chi connectivity index (χ0n) is 24.1. The van der Waals surface area contributed by atoms with Gasteiger partial charge >= 0.3 is 12.1 Å². The van der Waals surface area contributed by atoms with Crippen LogP contribution in [0.5, 0.6) is 11.8 Å². The minimum atomic E-state index is -0.821. The second-order valence-electron chi connectivity index (χ2n) is 13.5. The number of fused-ring (bicyclic) bond motifs is 4. The number of nitrogens with zero attached hydrogens (tertiary/aromatic N) is 5. The lowest BCUT2D eigenvalue weighted by atomic mass is 9.95. The van der Waals surface area contributed by atoms with Gasteiger partial charge in [0.25, 0.3) is 0 Å². The SMILES string of the molecule is CC(C)(C)OC(=O)N1[C@@H]2CC[C@H]1CN(c1nc(OC[C@@]34CCCN3C[C@H](F)C4)nc3c(OC4CC4)c(Br)ccc13)C2. The first kappa shape index (κ1) is 27.4. The van der Waals surface area contributed by atoms with E-state index < -0.39 is 11.8 Å². The maximum Gasteiger partial charge on any atom is 0.410 e. The predicted molar refractivity (Wildman–Crippen MR) is 157 cm³/mol. The van der Waals surface area contributed by atoms with Crippen molar-refractivity contribution in [3.63, 3.8) is 0 Å². The molecule has 4 aliphatic heterocycles. The fourth-order valence-corrected chi connectivity index (χ4v) is 7.63. The van der Waals surface area contributed by atoms with Crippen LogP contribution in [0.1, 0.15) is 65.7 Å². The Kier molecular flexibility index (Phi) is 6.76. The Hall–Kier alpha value is -2.40. The van der Waals surface area contributed by atoms with Gasteiger partial charge in [-0.3, -0.25) is 9.80 Å². The van der Waals surface area contributed by atoms with E-state index in [1.54, 1.807) is 0 Å². The van der Waals surface area contributed by atoms with Gasteiger partial charge in [-0.15, -0.1) is 0 Å². The third-order valence-corrected chi connectivity index (χ3v) is 9.78. The second kappa shape index (κ2) is 10.1. The van der Waals surface area contributed by atoms with E-state index in [0.29, 0.717) is 43.9 Å². The van der Waals surface area contributed by atoms with Gasteiger partial charge in [-0.1, -0.05) is 0 Å². The maximum absolute atomic E-state index is 14.4. The smallest absolute Gasteiger partial charge is 0.410 e. The number of rotatable bonds is 6. The largest absolute Gasteiger partial charge is 0.487 e. The summed E-state index contributed by atoms with van der Waals surface area (Å²) in [5.41, 5.74) is -0.117. The molecule has 0 unspecified atom stereocenters. The second-order valence-corrected chi connectivity index (χ2v) is 14.3. The highest BCUT2D eigenvalue weighted by Gasteiger charge is 2.50. The van der Waals surface area contributed by atoms with Crippen LogP contribution in [0.2, 0.25) is 0 Å². The highest BCUT2D eigenvalue weighted by molar-refractivity contribution is 9.10. The van der Waals surface area contributed by atoms with Gasteiger partial charge in [-0.05, 0) is 93.9 Å². The Balaban J connectivity index is 1.22. The molecule has 11 heteroatoms. The molecule has 5 aliphatic rings. The molecule has 4 atom stereocenters. The van der Waals surface area contributed by atoms with E-state index in [1.165, 1.54) is 0 Å². The van der Waals surface area contributed by atoms with Crippen molar-refractivity contribution in [3.8, 4) is 11.8 Å². The van der Waals surface area contributed by atoms with E-state index in [2.05, 4.69) is 25.7 Å². The lowest BCUT2D eigenvalue weighted by molar-refractivity contribution is 0.0122. The molecule has 9 nitrogen and oxygen atoms in total. The first-order valence-electron chi connectivity index (χ1n) is 15.0. The van der Waals surface area contributed by atoms with Gasteiger partial charge in [-0.25, -0.2) is 9.18 Å². The van der Waals surface area contributed by atoms with Gasteiger partial charge < -0.3 is 19.1 Å². The standard InChI is InChI=1S/C30H39BrFN5O4/c1-29(2,3)41-28(38)37-19-5-6-20(37)16-35(15-19)26-22-9-10-23(31)25(40-21-7-8-21)24(22)33-27(34-26)39-17-30-11-4-12-36(30)14-18(32)13-30/h9-10,18-21H,4-8,11-17H2,1-3H3/t18-,19-,20+,30+/m1/s1. The molecule has 1 aromatic carbocycles. The average molecular weight is 633 g/mol. The first-order chi connectivity index (χ1) is 19.6. The van der Waals surface area contributed by atoms with E-state index in [0.717, 1.165) is 60.7 Å². The maximum atomic E-state index is 14.4. The minimum absolute atomic E-state index is 0.0431. The summed E-state index contributed by atoms with van der Waals surface area (Å²) < 4.78 is 33.7. The predicted octanol–water partition coefficient (Wildman–Crippen LogP) is 5.48. The van der Waals surface area contributed by atoms with Crippen LogP contribution in [-0.2, 0) is 4.74 Å². The third-order valence-electron chi connectivity index (χ3n) is 9.16. The summed E-state index contributed by atoms with van der Waals surface area (Å²) in [6.45, 7) is 8.76. The van der Waals surface area contributed by atoms with Crippen LogP contribution in [0.4, 0.5) is 15.0 Å². The zero-order valence-corrected chi connectivity index (χ0v) is 25.7. The topological polar surface area (TPSA) is 80.3 Å². The number of hydrogen-bond donors (Lipinski definition) is 0. The number of carbonyl (C=O) groups excluding carboxylic acids is 1. The van der Waals surface area contributed by atoms with Crippen molar-refractivity contribution >= 4 is 38.7 Å². The molecule has 1 amide bonds. The molecule has 0 spiro atoms. The summed E-state index contributed by atoms with van der Waals surface area (Å²) in [7, 11) is 0. The number of anilines is 1. The lowest BCUT2D eigenvalue weighted by Gasteiger charge is -2.42. The molecule has 41 heavy (non-hydrogen) atoms. The van der Waals surface area contributed by atoms with Crippen LogP contribution in [0, 0.1) is 0 Å². The van der Waals surface area contributed by atoms with Crippen molar-refractivity contribution in [2.24, 2.45) is 0 Å². The Morgan fingerprint density at radius 2 is 1.88 bits per heavy atom. The van der Waals surface area contributed by atoms with E-state index in [4.69, 9.17) is 24.2 Å². The summed E-state index contributed by atoms with van der Waals surface area (Å²) >= 11 is 3.68. The van der Waals surface area contributed by atoms with E-state index in [9.17, 15) is 9.18 Å². The lowest BCUT2D eigenvalue weighted by Crippen LogP contribution is -2.57. The summed E-state index contributed by atoms with van der Waals surface area (Å²) in [6.07, 6.45) is 5.51. The molecule has 0 N–H and O–H groups in total. The minimum Gasteiger partial charge on any atom is -0.487 e. The van der Waals surface area contributed by atoms with E-state index in [-0.39, 0.29) is 35.8 Å². The Labute approximate surface area is 248 Å². The van der Waals surface area contributed by atoms with Crippen LogP contribution < -0.4 is 14.4 Å². The number of halogens is 2. The molecule has 5 fully saturated rings. The van der Waals surface area contributed by atoms with Crippen LogP contribution in [0.15, 0.2) is 16.6 Å². The van der Waals surface area contributed by atoms with Gasteiger partial charge in [0.05, 0.1) is 28.2 Å². The van der Waals surface area contributed by atoms with Crippen molar-refractivity contribution in [1.29, 1.82) is 0 Å². The average Bonchev–Trinajstić information content (AvgIpc) is 3.48. The summed E-state index contributed by atoms with van der Waals surface area (Å²) in [4.78, 5) is 29.4. The van der Waals surface area contributed by atoms with Crippen LogP contribution in [0.25, 0.3) is 10.9 Å². The van der Waals surface area contributed by atoms with Gasteiger partial charge in [0.1, 0.15) is 29.7 Å². The molecule has 5 heterocycles. The Morgan fingerprint density at radius 3 is 2.59 bits per heavy atom. The van der Waals surface area contributed by atoms with Crippen molar-refractivity contribution in [1.82, 2.24) is 19.8 Å². The normalized spacial score (nSPS) is 29.7. The molecule has 4 saturated heterocycles. The fourth-order valence-electron chi connectivity index (χ4n) is 7.22. The molecule has 2 bridgehead atoms. The van der Waals surface area contributed by atoms with Gasteiger partial charge in [0.15, 0.2) is 5.75 Å². The highest BCUT2D eigenvalue weighted by atomic mass is 79.9. The molecule has 1 aliphatic carbocycles. The monoisotopic (exact) mass is 631 g/mol. The highest BCUT2D eigenvalue weighted by Crippen LogP contribution is 2.43. The number of amides is 1. The van der Waals surface area contributed by atoms with Crippen LogP contribution in [-0.4, -0.2) is 94.1 Å². The number of benzene rings is 1. The van der Waals surface area contributed by atoms with E-state index in [1.807, 2.05) is 37.8 Å². The van der Waals surface area contributed by atoms with Gasteiger partial charge in [0.2, 0.25) is 0 Å². The first-order valence-corrected chi connectivity index (χ1v) is 15.8. The van der Waals surface area contributed by atoms with Crippen LogP contribution in [0.3, 0.4) is 0 Å². The third kappa shape index (κ3) is 5.21. The number of piperazine rings is 1. The van der Waals surface area contributed by atoms with Crippen molar-refractivity contribution in [3.05, 3.63) is 16.6 Å². The number of hydrogen-bond acceptors (Lipinski definition) is 8. The molecule has 1 saturated carbocycles. The van der Waals surface area contributed by atoms with Crippen molar-refractivity contribution < 1.29 is 23.4 Å². The zero-order chi connectivity index (χ0) is 28.5.